The minimum absolute atomic E-state index is 0.0271. The van der Waals surface area contributed by atoms with Crippen LogP contribution in [0.1, 0.15) is 54.4 Å². The molecule has 0 amide bonds. The summed E-state index contributed by atoms with van der Waals surface area (Å²) in [5, 5.41) is 25.0. The third kappa shape index (κ3) is 17.6. The Morgan fingerprint density at radius 1 is 0.829 bits per heavy atom. The van der Waals surface area contributed by atoms with Gasteiger partial charge in [0.15, 0.2) is 18.2 Å². The molecule has 6 N–H and O–H groups in total. The number of ketones is 2. The van der Waals surface area contributed by atoms with Crippen LogP contribution in [0.25, 0.3) is 0 Å². The van der Waals surface area contributed by atoms with Gasteiger partial charge in [-0.25, -0.2) is 0 Å². The first-order valence-electron chi connectivity index (χ1n) is 12.3. The van der Waals surface area contributed by atoms with Crippen molar-refractivity contribution in [3.8, 4) is 0 Å². The Morgan fingerprint density at radius 2 is 1.31 bits per heavy atom. The zero-order valence-electron chi connectivity index (χ0n) is 22.8. The molecule has 0 saturated heterocycles. The average molecular weight is 509 g/mol. The quantitative estimate of drug-likeness (QED) is 0.117. The molecule has 208 valence electrons. The van der Waals surface area contributed by atoms with E-state index in [1.165, 1.54) is 0 Å². The number of ether oxygens (including phenoxy) is 3. The van der Waals surface area contributed by atoms with Crippen LogP contribution in [0.15, 0.2) is 0 Å². The molecule has 35 heavy (non-hydrogen) atoms. The van der Waals surface area contributed by atoms with E-state index in [1.807, 2.05) is 13.8 Å². The molecule has 0 bridgehead atoms. The Labute approximate surface area is 210 Å². The van der Waals surface area contributed by atoms with Gasteiger partial charge in [-0.05, 0) is 41.2 Å². The van der Waals surface area contributed by atoms with Gasteiger partial charge in [0.05, 0.1) is 37.5 Å². The van der Waals surface area contributed by atoms with Crippen molar-refractivity contribution in [2.24, 2.45) is 0 Å². The summed E-state index contributed by atoms with van der Waals surface area (Å²) in [6, 6.07) is -0.741. The molecule has 0 aliphatic heterocycles. The van der Waals surface area contributed by atoms with Gasteiger partial charge in [-0.15, -0.1) is 0 Å². The molecule has 0 radical (unpaired) electrons. The molecule has 1 atom stereocenters. The Hall–Kier alpha value is -1.47. The van der Waals surface area contributed by atoms with E-state index in [2.05, 4.69) is 16.0 Å². The lowest BCUT2D eigenvalue weighted by Crippen LogP contribution is -2.49. The van der Waals surface area contributed by atoms with E-state index in [-0.39, 0.29) is 44.2 Å². The smallest absolute Gasteiger partial charge is 0.320 e. The second-order valence-corrected chi connectivity index (χ2v) is 8.70. The Kier molecular flexibility index (Phi) is 21.1. The average Bonchev–Trinajstić information content (AvgIpc) is 2.81. The highest BCUT2D eigenvalue weighted by Gasteiger charge is 2.28. The molecule has 0 aromatic rings. The Morgan fingerprint density at radius 3 is 1.80 bits per heavy atom. The van der Waals surface area contributed by atoms with Crippen LogP contribution in [0.4, 0.5) is 0 Å². The van der Waals surface area contributed by atoms with E-state index in [4.69, 9.17) is 24.4 Å². The second-order valence-electron chi connectivity index (χ2n) is 8.70. The highest BCUT2D eigenvalue weighted by molar-refractivity contribution is 5.89. The molecular formula is C24H50N3O8+. The molecule has 0 aliphatic rings. The van der Waals surface area contributed by atoms with Crippen LogP contribution in [-0.4, -0.2) is 111 Å². The predicted molar refractivity (Wildman–Crippen MR) is 136 cm³/mol. The second kappa shape index (κ2) is 20.7. The summed E-state index contributed by atoms with van der Waals surface area (Å²) in [6.07, 6.45) is 0.387. The maximum atomic E-state index is 12.4. The lowest BCUT2D eigenvalue weighted by Gasteiger charge is -2.25. The van der Waals surface area contributed by atoms with Gasteiger partial charge in [0, 0.05) is 19.5 Å². The highest BCUT2D eigenvalue weighted by Crippen LogP contribution is 2.10. The zero-order chi connectivity index (χ0) is 27.3. The molecule has 0 fully saturated rings. The van der Waals surface area contributed by atoms with Gasteiger partial charge in [0.25, 0.3) is 0 Å². The molecule has 0 spiro atoms. The topological polar surface area (TPSA) is 158 Å². The summed E-state index contributed by atoms with van der Waals surface area (Å²) in [5.41, 5.74) is -1.52. The highest BCUT2D eigenvalue weighted by atomic mass is 16.5. The van der Waals surface area contributed by atoms with Crippen molar-refractivity contribution in [2.45, 2.75) is 71.5 Å². The summed E-state index contributed by atoms with van der Waals surface area (Å²) in [5.74, 6) is -1.11. The molecule has 11 nitrogen and oxygen atoms in total. The monoisotopic (exact) mass is 508 g/mol. The minimum Gasteiger partial charge on any atom is -0.480 e. The number of carbonyl (C=O) groups is 3. The first kappa shape index (κ1) is 35.7. The lowest BCUT2D eigenvalue weighted by atomic mass is 9.94. The van der Waals surface area contributed by atoms with Crippen molar-refractivity contribution in [3.63, 3.8) is 0 Å². The maximum Gasteiger partial charge on any atom is 0.320 e. The van der Waals surface area contributed by atoms with Gasteiger partial charge in [0.2, 0.25) is 0 Å². The van der Waals surface area contributed by atoms with Gasteiger partial charge >= 0.3 is 5.97 Å². The number of carbonyl (C=O) groups excluding carboxylic acids is 2. The van der Waals surface area contributed by atoms with Gasteiger partial charge in [0.1, 0.15) is 19.3 Å². The summed E-state index contributed by atoms with van der Waals surface area (Å²) in [4.78, 5) is 35.7. The van der Waals surface area contributed by atoms with Crippen LogP contribution >= 0.6 is 0 Å². The van der Waals surface area contributed by atoms with Crippen LogP contribution in [0.5, 0.6) is 0 Å². The van der Waals surface area contributed by atoms with E-state index in [0.29, 0.717) is 39.5 Å². The summed E-state index contributed by atoms with van der Waals surface area (Å²) in [7, 11) is 1.56. The fraction of sp³-hybridized carbons (Fsp3) is 0.875. The van der Waals surface area contributed by atoms with Crippen LogP contribution < -0.4 is 16.0 Å². The molecular weight excluding hydrogens is 458 g/mol. The van der Waals surface area contributed by atoms with Crippen LogP contribution in [0, 0.1) is 0 Å². The summed E-state index contributed by atoms with van der Waals surface area (Å²) < 4.78 is 16.1. The predicted octanol–water partition coefficient (Wildman–Crippen LogP) is 0.114. The molecule has 0 rings (SSSR count). The number of carboxylic acid groups (broad SMARTS) is 1. The number of hydrogen-bond acceptors (Lipinski definition) is 9. The van der Waals surface area contributed by atoms with Crippen molar-refractivity contribution in [3.05, 3.63) is 0 Å². The minimum atomic E-state index is -0.973. The van der Waals surface area contributed by atoms with E-state index in [0.717, 1.165) is 0 Å². The summed E-state index contributed by atoms with van der Waals surface area (Å²) in [6.45, 7) is 14.0. The van der Waals surface area contributed by atoms with Gasteiger partial charge in [-0.2, -0.15) is 0 Å². The molecule has 11 heteroatoms. The first-order chi connectivity index (χ1) is 16.5. The lowest BCUT2D eigenvalue weighted by molar-refractivity contribution is -0.139. The van der Waals surface area contributed by atoms with Gasteiger partial charge < -0.3 is 40.4 Å². The number of rotatable bonds is 22. The normalized spacial score (nSPS) is 12.6. The molecule has 0 heterocycles. The van der Waals surface area contributed by atoms with Crippen molar-refractivity contribution in [1.29, 1.82) is 0 Å². The van der Waals surface area contributed by atoms with Crippen molar-refractivity contribution >= 4 is 17.5 Å². The number of likely N-dealkylation sites (N-methyl/N-ethyl adjacent to an activating group) is 1. The number of nitrogens with one attached hydrogen (secondary N) is 3. The van der Waals surface area contributed by atoms with Crippen LogP contribution in [-0.2, 0) is 28.6 Å². The standard InChI is InChI=1S/C22H43N3O8.C2H6/c1-21(2,18(27)7-6-17(23-5)20(29)30)24-9-12-32-14-15-33-16-19(28)22(3,4)25-8-11-31-13-10-26;1-2/h17,23-26H,6-16H2,1-5H3,(H,29,30);1-2H3/p+1. The third-order valence-corrected chi connectivity index (χ3v) is 5.18. The third-order valence-electron chi connectivity index (χ3n) is 5.18. The maximum absolute atomic E-state index is 12.4. The Balaban J connectivity index is 0. The van der Waals surface area contributed by atoms with E-state index in [9.17, 15) is 14.4 Å². The van der Waals surface area contributed by atoms with Crippen molar-refractivity contribution in [1.82, 2.24) is 16.0 Å². The zero-order valence-corrected chi connectivity index (χ0v) is 22.8. The SMILES string of the molecule is CC.CNC(CCC(=O)C(C)(C)NCCOCCOCC(=O)C(C)(C)NCCOCC[OH2+])C(=O)O. The van der Waals surface area contributed by atoms with Crippen LogP contribution in [0.2, 0.25) is 0 Å². The van der Waals surface area contributed by atoms with E-state index in [1.54, 1.807) is 34.7 Å². The molecule has 0 saturated carbocycles. The first-order valence-corrected chi connectivity index (χ1v) is 12.3. The molecule has 0 aromatic carbocycles. The molecule has 0 aliphatic carbocycles. The number of carboxylic acids is 1. The Bertz CT molecular complexity index is 585. The fourth-order valence-corrected chi connectivity index (χ4v) is 2.79. The van der Waals surface area contributed by atoms with Crippen molar-refractivity contribution in [2.75, 3.05) is 66.4 Å². The number of aliphatic carboxylic acids is 1. The van der Waals surface area contributed by atoms with Crippen LogP contribution in [0.3, 0.4) is 0 Å². The molecule has 0 aromatic heterocycles. The fourth-order valence-electron chi connectivity index (χ4n) is 2.79. The summed E-state index contributed by atoms with van der Waals surface area (Å²) >= 11 is 0. The molecule has 1 unspecified atom stereocenters. The van der Waals surface area contributed by atoms with Gasteiger partial charge in [-0.1, -0.05) is 13.8 Å². The number of Topliss-reactive ketones (excluding diaryl/α,β-unsaturated/α-hetero) is 2. The van der Waals surface area contributed by atoms with Crippen molar-refractivity contribution < 1.29 is 38.8 Å². The number of hydrogen-bond donors (Lipinski definition) is 4. The van der Waals surface area contributed by atoms with Gasteiger partial charge in [-0.3, -0.25) is 14.4 Å². The largest absolute Gasteiger partial charge is 0.480 e. The van der Waals surface area contributed by atoms with E-state index < -0.39 is 23.1 Å². The van der Waals surface area contributed by atoms with E-state index >= 15 is 0 Å².